The molecule has 0 unspecified atom stereocenters. The molecule has 0 radical (unpaired) electrons. The average molecular weight is 496 g/mol. The van der Waals surface area contributed by atoms with E-state index < -0.39 is 11.9 Å². The first kappa shape index (κ1) is 24.5. The second kappa shape index (κ2) is 11.7. The average Bonchev–Trinajstić information content (AvgIpc) is 3.66. The minimum Gasteiger partial charge on any atom is -0.497 e. The largest absolute Gasteiger partial charge is 0.497 e. The number of amides is 3. The van der Waals surface area contributed by atoms with Gasteiger partial charge in [0.15, 0.2) is 0 Å². The maximum absolute atomic E-state index is 13.6. The number of nitrogens with zero attached hydrogens (tertiary/aromatic N) is 1. The van der Waals surface area contributed by atoms with Crippen LogP contribution in [0.5, 0.6) is 5.75 Å². The van der Waals surface area contributed by atoms with Gasteiger partial charge in [0.2, 0.25) is 11.8 Å². The monoisotopic (exact) mass is 495 g/mol. The number of carbonyl (C=O) groups is 3. The van der Waals surface area contributed by atoms with Gasteiger partial charge in [-0.15, -0.1) is 11.3 Å². The molecule has 3 amide bonds. The molecule has 9 heteroatoms. The van der Waals surface area contributed by atoms with Crippen molar-refractivity contribution >= 4 is 29.1 Å². The fraction of sp³-hybridized carbons (Fsp3) is 0.346. The van der Waals surface area contributed by atoms with Crippen molar-refractivity contribution in [2.45, 2.75) is 44.3 Å². The molecule has 1 aliphatic carbocycles. The fourth-order valence-corrected chi connectivity index (χ4v) is 4.92. The Kier molecular flexibility index (Phi) is 8.20. The highest BCUT2D eigenvalue weighted by molar-refractivity contribution is 7.12. The number of hydrogen-bond acceptors (Lipinski definition) is 6. The quantitative estimate of drug-likeness (QED) is 0.444. The summed E-state index contributed by atoms with van der Waals surface area (Å²) in [6.07, 6.45) is 5.49. The van der Waals surface area contributed by atoms with Gasteiger partial charge in [-0.05, 0) is 54.1 Å². The Morgan fingerprint density at radius 3 is 2.66 bits per heavy atom. The third-order valence-corrected chi connectivity index (χ3v) is 6.91. The Hall–Kier alpha value is -3.59. The van der Waals surface area contributed by atoms with Crippen LogP contribution >= 0.6 is 11.3 Å². The Bertz CT molecular complexity index is 1120. The first-order valence-electron chi connectivity index (χ1n) is 11.6. The molecule has 2 heterocycles. The molecule has 8 nitrogen and oxygen atoms in total. The number of carbonyl (C=O) groups excluding carboxylic acids is 3. The van der Waals surface area contributed by atoms with Crippen LogP contribution in [0.25, 0.3) is 0 Å². The smallest absolute Gasteiger partial charge is 0.261 e. The number of thiophene rings is 1. The van der Waals surface area contributed by atoms with E-state index in [9.17, 15) is 14.4 Å². The zero-order valence-corrected chi connectivity index (χ0v) is 20.4. The summed E-state index contributed by atoms with van der Waals surface area (Å²) in [5.41, 5.74) is 0.615. The van der Waals surface area contributed by atoms with E-state index in [0.717, 1.165) is 25.7 Å². The van der Waals surface area contributed by atoms with E-state index in [1.54, 1.807) is 61.0 Å². The van der Waals surface area contributed by atoms with Gasteiger partial charge in [0.25, 0.3) is 5.91 Å². The molecular weight excluding hydrogens is 466 g/mol. The lowest BCUT2D eigenvalue weighted by Gasteiger charge is -2.32. The molecule has 1 fully saturated rings. The van der Waals surface area contributed by atoms with Gasteiger partial charge < -0.3 is 24.7 Å². The number of hydrogen-bond donors (Lipinski definition) is 2. The summed E-state index contributed by atoms with van der Waals surface area (Å²) in [4.78, 5) is 41.6. The van der Waals surface area contributed by atoms with Gasteiger partial charge in [0.05, 0.1) is 31.3 Å². The van der Waals surface area contributed by atoms with Gasteiger partial charge in [-0.2, -0.15) is 0 Å². The van der Waals surface area contributed by atoms with Crippen LogP contribution in [-0.4, -0.2) is 42.3 Å². The molecule has 1 aromatic carbocycles. The molecule has 1 aliphatic rings. The number of furan rings is 1. The van der Waals surface area contributed by atoms with Gasteiger partial charge >= 0.3 is 0 Å². The number of methoxy groups -OCH3 is 1. The van der Waals surface area contributed by atoms with Crippen molar-refractivity contribution in [2.24, 2.45) is 0 Å². The molecule has 35 heavy (non-hydrogen) atoms. The van der Waals surface area contributed by atoms with Crippen LogP contribution in [0, 0.1) is 0 Å². The Morgan fingerprint density at radius 1 is 1.14 bits per heavy atom. The standard InChI is InChI=1S/C26H29N3O5S/c1-33-20-10-4-7-18(15-20)24(26(32)28-19-8-2-3-9-19)29(17-21-11-5-13-34-21)23(30)16-27-25(31)22-12-6-14-35-22/h4-7,10-15,19,24H,2-3,8-9,16-17H2,1H3,(H,27,31)(H,28,32)/t24-/m0/s1. The van der Waals surface area contributed by atoms with Gasteiger partial charge in [-0.1, -0.05) is 31.0 Å². The van der Waals surface area contributed by atoms with E-state index in [4.69, 9.17) is 9.15 Å². The molecule has 0 bridgehead atoms. The van der Waals surface area contributed by atoms with Gasteiger partial charge in [0.1, 0.15) is 17.6 Å². The summed E-state index contributed by atoms with van der Waals surface area (Å²) in [7, 11) is 1.55. The SMILES string of the molecule is COc1cccc([C@@H](C(=O)NC2CCCC2)N(Cc2ccco2)C(=O)CNC(=O)c2cccs2)c1. The van der Waals surface area contributed by atoms with Crippen LogP contribution in [0.15, 0.2) is 64.6 Å². The van der Waals surface area contributed by atoms with Crippen molar-refractivity contribution in [1.82, 2.24) is 15.5 Å². The summed E-state index contributed by atoms with van der Waals surface area (Å²) in [5.74, 6) is 0.108. The summed E-state index contributed by atoms with van der Waals surface area (Å²) < 4.78 is 10.9. The van der Waals surface area contributed by atoms with E-state index >= 15 is 0 Å². The number of ether oxygens (including phenoxy) is 1. The van der Waals surface area contributed by atoms with Crippen molar-refractivity contribution in [2.75, 3.05) is 13.7 Å². The van der Waals surface area contributed by atoms with E-state index in [1.807, 2.05) is 0 Å². The lowest BCUT2D eigenvalue weighted by Crippen LogP contribution is -2.48. The molecule has 1 saturated carbocycles. The highest BCUT2D eigenvalue weighted by atomic mass is 32.1. The second-order valence-corrected chi connectivity index (χ2v) is 9.38. The van der Waals surface area contributed by atoms with Crippen molar-refractivity contribution in [3.63, 3.8) is 0 Å². The van der Waals surface area contributed by atoms with Crippen molar-refractivity contribution in [1.29, 1.82) is 0 Å². The maximum atomic E-state index is 13.6. The first-order valence-corrected chi connectivity index (χ1v) is 12.5. The van der Waals surface area contributed by atoms with E-state index in [1.165, 1.54) is 22.5 Å². The minimum atomic E-state index is -0.929. The summed E-state index contributed by atoms with van der Waals surface area (Å²) >= 11 is 1.29. The lowest BCUT2D eigenvalue weighted by molar-refractivity contribution is -0.141. The topological polar surface area (TPSA) is 101 Å². The molecule has 2 aromatic heterocycles. The predicted molar refractivity (Wildman–Crippen MR) is 132 cm³/mol. The maximum Gasteiger partial charge on any atom is 0.261 e. The molecule has 1 atom stereocenters. The second-order valence-electron chi connectivity index (χ2n) is 8.43. The van der Waals surface area contributed by atoms with Crippen LogP contribution in [-0.2, 0) is 16.1 Å². The first-order chi connectivity index (χ1) is 17.0. The predicted octanol–water partition coefficient (Wildman–Crippen LogP) is 3.91. The highest BCUT2D eigenvalue weighted by Crippen LogP contribution is 2.28. The molecule has 2 N–H and O–H groups in total. The molecule has 3 aromatic rings. The number of benzene rings is 1. The molecular formula is C26H29N3O5S. The van der Waals surface area contributed by atoms with Crippen LogP contribution in [0.2, 0.25) is 0 Å². The fourth-order valence-electron chi connectivity index (χ4n) is 4.28. The highest BCUT2D eigenvalue weighted by Gasteiger charge is 2.34. The third-order valence-electron chi connectivity index (χ3n) is 6.04. The van der Waals surface area contributed by atoms with Crippen molar-refractivity contribution in [3.05, 3.63) is 76.4 Å². The van der Waals surface area contributed by atoms with Crippen LogP contribution < -0.4 is 15.4 Å². The Balaban J connectivity index is 1.63. The van der Waals surface area contributed by atoms with Crippen molar-refractivity contribution in [3.8, 4) is 5.75 Å². The minimum absolute atomic E-state index is 0.0701. The summed E-state index contributed by atoms with van der Waals surface area (Å²) in [6.45, 7) is -0.185. The zero-order valence-electron chi connectivity index (χ0n) is 19.6. The van der Waals surface area contributed by atoms with Gasteiger partial charge in [-0.25, -0.2) is 0 Å². The molecule has 0 aliphatic heterocycles. The Morgan fingerprint density at radius 2 is 1.97 bits per heavy atom. The van der Waals surface area contributed by atoms with E-state index in [-0.39, 0.29) is 30.9 Å². The molecule has 184 valence electrons. The molecule has 0 saturated heterocycles. The number of nitrogens with one attached hydrogen (secondary N) is 2. The number of rotatable bonds is 10. The normalized spacial score (nSPS) is 14.3. The van der Waals surface area contributed by atoms with Crippen LogP contribution in [0.3, 0.4) is 0 Å². The van der Waals surface area contributed by atoms with Crippen molar-refractivity contribution < 1.29 is 23.5 Å². The van der Waals surface area contributed by atoms with E-state index in [0.29, 0.717) is 22.0 Å². The van der Waals surface area contributed by atoms with Gasteiger partial charge in [0, 0.05) is 6.04 Å². The van der Waals surface area contributed by atoms with E-state index in [2.05, 4.69) is 10.6 Å². The molecule has 4 rings (SSSR count). The van der Waals surface area contributed by atoms with Gasteiger partial charge in [-0.3, -0.25) is 14.4 Å². The molecule has 0 spiro atoms. The Labute approximate surface area is 208 Å². The summed E-state index contributed by atoms with van der Waals surface area (Å²) in [6, 6.07) is 13.2. The third kappa shape index (κ3) is 6.30. The van der Waals surface area contributed by atoms with Crippen LogP contribution in [0.4, 0.5) is 0 Å². The lowest BCUT2D eigenvalue weighted by atomic mass is 10.0. The summed E-state index contributed by atoms with van der Waals surface area (Å²) in [5, 5.41) is 7.60. The van der Waals surface area contributed by atoms with Crippen LogP contribution in [0.1, 0.15) is 52.7 Å². The zero-order chi connectivity index (χ0) is 24.6.